The van der Waals surface area contributed by atoms with Crippen LogP contribution in [0.2, 0.25) is 0 Å². The summed E-state index contributed by atoms with van der Waals surface area (Å²) < 4.78 is 11.2. The van der Waals surface area contributed by atoms with E-state index in [4.69, 9.17) is 14.9 Å². The second kappa shape index (κ2) is 7.81. The van der Waals surface area contributed by atoms with Gasteiger partial charge in [0.25, 0.3) is 0 Å². The summed E-state index contributed by atoms with van der Waals surface area (Å²) in [6.07, 6.45) is -0.0474. The van der Waals surface area contributed by atoms with Crippen molar-refractivity contribution in [2.75, 3.05) is 26.3 Å². The van der Waals surface area contributed by atoms with Crippen LogP contribution in [0.4, 0.5) is 0 Å². The number of carbonyl (C=O) groups is 1. The first-order valence-electron chi connectivity index (χ1n) is 8.01. The van der Waals surface area contributed by atoms with Crippen molar-refractivity contribution in [2.45, 2.75) is 18.9 Å². The van der Waals surface area contributed by atoms with Crippen LogP contribution >= 0.6 is 11.3 Å². The lowest BCUT2D eigenvalue weighted by Gasteiger charge is -2.26. The lowest BCUT2D eigenvalue weighted by atomic mass is 9.94. The maximum Gasteiger partial charge on any atom is 0.227 e. The number of primary amides is 1. The van der Waals surface area contributed by atoms with Gasteiger partial charge in [-0.05, 0) is 22.4 Å². The van der Waals surface area contributed by atoms with Gasteiger partial charge < -0.3 is 20.0 Å². The number of aromatic hydroxyl groups is 1. The molecule has 0 spiro atoms. The second-order valence-corrected chi connectivity index (χ2v) is 6.74. The number of nitrogens with two attached hydrogens (primary N) is 1. The molecule has 2 aromatic heterocycles. The fourth-order valence-electron chi connectivity index (χ4n) is 2.89. The third-order valence-electron chi connectivity index (χ3n) is 4.15. The molecule has 3 heterocycles. The molecule has 1 atom stereocenters. The molecule has 1 aliphatic heterocycles. The van der Waals surface area contributed by atoms with Crippen LogP contribution in [0.3, 0.4) is 0 Å². The molecule has 0 aliphatic carbocycles. The van der Waals surface area contributed by atoms with Gasteiger partial charge in [0.15, 0.2) is 5.76 Å². The molecular weight excluding hydrogens is 344 g/mol. The fraction of sp³-hybridized carbons (Fsp3) is 0.412. The summed E-state index contributed by atoms with van der Waals surface area (Å²) >= 11 is 1.46. The molecule has 1 amide bonds. The summed E-state index contributed by atoms with van der Waals surface area (Å²) in [6.45, 7) is 3.20. The highest BCUT2D eigenvalue weighted by atomic mass is 32.1. The van der Waals surface area contributed by atoms with Gasteiger partial charge >= 0.3 is 0 Å². The molecule has 0 unspecified atom stereocenters. The van der Waals surface area contributed by atoms with E-state index in [0.717, 1.165) is 18.7 Å². The van der Waals surface area contributed by atoms with Crippen molar-refractivity contribution < 1.29 is 19.1 Å². The van der Waals surface area contributed by atoms with Gasteiger partial charge in [0.1, 0.15) is 5.76 Å². The van der Waals surface area contributed by atoms with Crippen molar-refractivity contribution in [3.63, 3.8) is 0 Å². The number of carbonyl (C=O) groups excluding carboxylic acids is 1. The molecule has 134 valence electrons. The van der Waals surface area contributed by atoms with E-state index in [1.54, 1.807) is 0 Å². The van der Waals surface area contributed by atoms with Gasteiger partial charge in [0, 0.05) is 25.6 Å². The number of nitrogens with zero attached hydrogens (tertiary/aromatic N) is 1. The van der Waals surface area contributed by atoms with Gasteiger partial charge in [-0.25, -0.2) is 0 Å². The Kier molecular flexibility index (Phi) is 5.52. The minimum atomic E-state index is -0.582. The standard InChI is InChI=1S/C17H20N2O5S/c18-15(21)8-13(11-1-6-25-10-11)17-16(22)14(20)7-12(24-17)9-19-2-4-23-5-3-19/h1,6-7,10,13,22H,2-5,8-9H2,(H2,18,21)/t13-/m1/s1. The SMILES string of the molecule is NC(=O)C[C@H](c1ccsc1)c1oc(CN2CCOCC2)cc(=O)c1O. The quantitative estimate of drug-likeness (QED) is 0.799. The van der Waals surface area contributed by atoms with Crippen LogP contribution < -0.4 is 11.2 Å². The zero-order valence-corrected chi connectivity index (χ0v) is 14.5. The first-order valence-corrected chi connectivity index (χ1v) is 8.95. The van der Waals surface area contributed by atoms with Crippen LogP contribution in [0.15, 0.2) is 32.1 Å². The molecule has 1 saturated heterocycles. The molecule has 2 aromatic rings. The molecule has 0 saturated carbocycles. The zero-order valence-electron chi connectivity index (χ0n) is 13.6. The van der Waals surface area contributed by atoms with Gasteiger partial charge in [-0.1, -0.05) is 0 Å². The highest BCUT2D eigenvalue weighted by Crippen LogP contribution is 2.34. The van der Waals surface area contributed by atoms with E-state index in [-0.39, 0.29) is 12.2 Å². The third-order valence-corrected chi connectivity index (χ3v) is 4.85. The van der Waals surface area contributed by atoms with Crippen LogP contribution in [-0.4, -0.2) is 42.2 Å². The average Bonchev–Trinajstić information content (AvgIpc) is 3.11. The molecule has 1 fully saturated rings. The zero-order chi connectivity index (χ0) is 17.8. The van der Waals surface area contributed by atoms with Crippen molar-refractivity contribution >= 4 is 17.2 Å². The summed E-state index contributed by atoms with van der Waals surface area (Å²) in [5, 5.41) is 13.9. The number of morpholine rings is 1. The van der Waals surface area contributed by atoms with Crippen molar-refractivity contribution in [3.8, 4) is 5.75 Å². The van der Waals surface area contributed by atoms with E-state index in [1.807, 2.05) is 16.8 Å². The van der Waals surface area contributed by atoms with Crippen molar-refractivity contribution in [1.82, 2.24) is 4.90 Å². The Morgan fingerprint density at radius 1 is 1.40 bits per heavy atom. The van der Waals surface area contributed by atoms with Crippen molar-refractivity contribution in [1.29, 1.82) is 0 Å². The van der Waals surface area contributed by atoms with E-state index in [9.17, 15) is 14.7 Å². The van der Waals surface area contributed by atoms with E-state index < -0.39 is 23.0 Å². The maximum atomic E-state index is 12.2. The molecule has 7 nitrogen and oxygen atoms in total. The Balaban J connectivity index is 1.95. The number of hydrogen-bond donors (Lipinski definition) is 2. The van der Waals surface area contributed by atoms with Crippen LogP contribution in [0.5, 0.6) is 5.75 Å². The lowest BCUT2D eigenvalue weighted by molar-refractivity contribution is -0.118. The smallest absolute Gasteiger partial charge is 0.227 e. The highest BCUT2D eigenvalue weighted by molar-refractivity contribution is 7.08. The topological polar surface area (TPSA) is 106 Å². The van der Waals surface area contributed by atoms with E-state index >= 15 is 0 Å². The third kappa shape index (κ3) is 4.28. The molecule has 0 aromatic carbocycles. The Bertz CT molecular complexity index is 781. The van der Waals surface area contributed by atoms with E-state index in [0.29, 0.717) is 25.5 Å². The second-order valence-electron chi connectivity index (χ2n) is 5.96. The molecule has 25 heavy (non-hydrogen) atoms. The monoisotopic (exact) mass is 364 g/mol. The highest BCUT2D eigenvalue weighted by Gasteiger charge is 2.26. The van der Waals surface area contributed by atoms with Crippen LogP contribution in [-0.2, 0) is 16.1 Å². The van der Waals surface area contributed by atoms with Gasteiger partial charge in [-0.2, -0.15) is 11.3 Å². The Morgan fingerprint density at radius 2 is 2.16 bits per heavy atom. The number of hydrogen-bond acceptors (Lipinski definition) is 7. The van der Waals surface area contributed by atoms with Gasteiger partial charge in [0.05, 0.1) is 25.7 Å². The molecular formula is C17H20N2O5S. The predicted octanol–water partition coefficient (Wildman–Crippen LogP) is 1.25. The maximum absolute atomic E-state index is 12.2. The van der Waals surface area contributed by atoms with Gasteiger partial charge in [-0.3, -0.25) is 14.5 Å². The van der Waals surface area contributed by atoms with Crippen LogP contribution in [0.1, 0.15) is 29.4 Å². The minimum Gasteiger partial charge on any atom is -0.502 e. The summed E-state index contributed by atoms with van der Waals surface area (Å²) in [6, 6.07) is 3.12. The van der Waals surface area contributed by atoms with Gasteiger partial charge in [-0.15, -0.1) is 0 Å². The Hall–Kier alpha value is -2.16. The molecule has 3 N–H and O–H groups in total. The first-order chi connectivity index (χ1) is 12.0. The van der Waals surface area contributed by atoms with Crippen LogP contribution in [0, 0.1) is 0 Å². The summed E-state index contributed by atoms with van der Waals surface area (Å²) in [4.78, 5) is 25.8. The number of rotatable bonds is 6. The number of ether oxygens (including phenoxy) is 1. The fourth-order valence-corrected chi connectivity index (χ4v) is 3.60. The molecule has 0 bridgehead atoms. The summed E-state index contributed by atoms with van der Waals surface area (Å²) in [5.74, 6) is -1.04. The Morgan fingerprint density at radius 3 is 2.80 bits per heavy atom. The number of amides is 1. The van der Waals surface area contributed by atoms with Crippen molar-refractivity contribution in [2.24, 2.45) is 5.73 Å². The van der Waals surface area contributed by atoms with Crippen molar-refractivity contribution in [3.05, 3.63) is 50.2 Å². The molecule has 8 heteroatoms. The Labute approximate surface area is 148 Å². The molecule has 3 rings (SSSR count). The lowest BCUT2D eigenvalue weighted by Crippen LogP contribution is -2.35. The van der Waals surface area contributed by atoms with Crippen LogP contribution in [0.25, 0.3) is 0 Å². The molecule has 0 radical (unpaired) electrons. The van der Waals surface area contributed by atoms with E-state index in [1.165, 1.54) is 17.4 Å². The number of thiophene rings is 1. The summed E-state index contributed by atoms with van der Waals surface area (Å²) in [5.41, 5.74) is 5.62. The van der Waals surface area contributed by atoms with Gasteiger partial charge in [0.2, 0.25) is 17.1 Å². The predicted molar refractivity (Wildman–Crippen MR) is 92.7 cm³/mol. The largest absolute Gasteiger partial charge is 0.502 e. The summed E-state index contributed by atoms with van der Waals surface area (Å²) in [7, 11) is 0. The first kappa shape index (κ1) is 17.7. The molecule has 1 aliphatic rings. The minimum absolute atomic E-state index is 0.0474. The average molecular weight is 364 g/mol. The van der Waals surface area contributed by atoms with E-state index in [2.05, 4.69) is 4.90 Å². The normalized spacial score (nSPS) is 16.6.